The molecule has 0 heterocycles. The Hall–Kier alpha value is -1.99. The molecule has 0 amide bonds. The number of aliphatic hydroxyl groups is 4. The average molecular weight is 278 g/mol. The second-order valence-corrected chi connectivity index (χ2v) is 4.55. The van der Waals surface area contributed by atoms with Gasteiger partial charge in [0.1, 0.15) is 18.0 Å². The van der Waals surface area contributed by atoms with E-state index in [1.165, 1.54) is 24.3 Å². The normalized spacial score (nSPS) is 22.2. The van der Waals surface area contributed by atoms with E-state index in [1.807, 2.05) is 0 Å². The number of allylic oxidation sites excluding steroid dienone is 1. The van der Waals surface area contributed by atoms with Crippen LogP contribution in [-0.4, -0.2) is 43.2 Å². The van der Waals surface area contributed by atoms with Crippen LogP contribution in [0.5, 0.6) is 5.75 Å². The highest BCUT2D eigenvalue weighted by Crippen LogP contribution is 2.25. The zero-order valence-corrected chi connectivity index (χ0v) is 10.3. The van der Waals surface area contributed by atoms with Gasteiger partial charge >= 0.3 is 0 Å². The fourth-order valence-electron chi connectivity index (χ4n) is 1.83. The van der Waals surface area contributed by atoms with Gasteiger partial charge in [-0.2, -0.15) is 0 Å². The summed E-state index contributed by atoms with van der Waals surface area (Å²) in [7, 11) is 0. The summed E-state index contributed by atoms with van der Waals surface area (Å²) < 4.78 is 0. The highest BCUT2D eigenvalue weighted by atomic mass is 16.5. The van der Waals surface area contributed by atoms with Gasteiger partial charge in [0.05, 0.1) is 0 Å². The average Bonchev–Trinajstić information content (AvgIpc) is 2.40. The molecule has 1 aliphatic rings. The molecule has 6 nitrogen and oxygen atoms in total. The number of benzene rings is 1. The molecule has 0 aromatic heterocycles. The fraction of sp³-hybridized carbons (Fsp3) is 0.214. The third-order valence-electron chi connectivity index (χ3n) is 3.00. The van der Waals surface area contributed by atoms with Crippen LogP contribution in [0, 0.1) is 0 Å². The number of Topliss-reactive ketones (excluding diaryl/α,β-unsaturated/α-hetero) is 1. The van der Waals surface area contributed by atoms with Gasteiger partial charge in [0.25, 0.3) is 0 Å². The molecule has 1 aliphatic carbocycles. The van der Waals surface area contributed by atoms with Gasteiger partial charge in [-0.05, 0) is 29.8 Å². The molecule has 0 saturated heterocycles. The van der Waals surface area contributed by atoms with E-state index in [0.29, 0.717) is 0 Å². The molecule has 106 valence electrons. The van der Waals surface area contributed by atoms with Gasteiger partial charge in [-0.25, -0.2) is 0 Å². The summed E-state index contributed by atoms with van der Waals surface area (Å²) in [5, 5.41) is 47.3. The summed E-state index contributed by atoms with van der Waals surface area (Å²) in [6.07, 6.45) is -0.256. The van der Waals surface area contributed by atoms with Crippen molar-refractivity contribution < 1.29 is 30.3 Å². The second kappa shape index (κ2) is 5.18. The topological polar surface area (TPSA) is 118 Å². The zero-order chi connectivity index (χ0) is 14.9. The number of aromatic hydroxyl groups is 1. The lowest BCUT2D eigenvalue weighted by molar-refractivity contribution is -0.174. The summed E-state index contributed by atoms with van der Waals surface area (Å²) in [6.45, 7) is 0. The summed E-state index contributed by atoms with van der Waals surface area (Å²) in [6, 6.07) is 5.59. The molecule has 1 aromatic carbocycles. The molecule has 0 bridgehead atoms. The lowest BCUT2D eigenvalue weighted by Gasteiger charge is -2.25. The zero-order valence-electron chi connectivity index (χ0n) is 10.3. The Bertz CT molecular complexity index is 587. The van der Waals surface area contributed by atoms with E-state index in [0.717, 1.165) is 18.2 Å². The summed E-state index contributed by atoms with van der Waals surface area (Å²) in [5.41, 5.74) is 0.149. The summed E-state index contributed by atoms with van der Waals surface area (Å²) >= 11 is 0. The van der Waals surface area contributed by atoms with Crippen LogP contribution in [0.1, 0.15) is 11.7 Å². The first-order valence-corrected chi connectivity index (χ1v) is 5.86. The molecule has 0 aliphatic heterocycles. The Balaban J connectivity index is 2.23. The van der Waals surface area contributed by atoms with Crippen molar-refractivity contribution in [3.05, 3.63) is 53.6 Å². The Kier molecular flexibility index (Phi) is 3.74. The predicted octanol–water partition coefficient (Wildman–Crippen LogP) is -0.467. The van der Waals surface area contributed by atoms with Crippen molar-refractivity contribution in [1.29, 1.82) is 0 Å². The number of rotatable bonds is 3. The Labute approximate surface area is 114 Å². The SMILES string of the molecule is O=C(C1=CC(O)C(O)(O)C=C1)C(O)c1cccc(O)c1. The lowest BCUT2D eigenvalue weighted by atomic mass is 9.92. The molecule has 5 N–H and O–H groups in total. The molecule has 0 saturated carbocycles. The van der Waals surface area contributed by atoms with Crippen molar-refractivity contribution in [1.82, 2.24) is 0 Å². The maximum absolute atomic E-state index is 12.0. The molecule has 20 heavy (non-hydrogen) atoms. The standard InChI is InChI=1S/C14H14O6/c15-10-3-1-2-8(6-10)12(17)13(18)9-4-5-14(19,20)11(16)7-9/h1-7,11-12,15-17,19-20H. The van der Waals surface area contributed by atoms with Gasteiger partial charge in [0.15, 0.2) is 5.78 Å². The van der Waals surface area contributed by atoms with Crippen molar-refractivity contribution in [2.45, 2.75) is 18.0 Å². The van der Waals surface area contributed by atoms with Crippen LogP contribution in [0.25, 0.3) is 0 Å². The minimum atomic E-state index is -2.43. The molecule has 0 spiro atoms. The molecular formula is C14H14O6. The molecule has 0 radical (unpaired) electrons. The number of phenols is 1. The van der Waals surface area contributed by atoms with Gasteiger partial charge in [0, 0.05) is 5.57 Å². The monoisotopic (exact) mass is 278 g/mol. The highest BCUT2D eigenvalue weighted by Gasteiger charge is 2.33. The lowest BCUT2D eigenvalue weighted by Crippen LogP contribution is -2.41. The first-order chi connectivity index (χ1) is 9.31. The number of carbonyl (C=O) groups excluding carboxylic acids is 1. The minimum Gasteiger partial charge on any atom is -0.508 e. The van der Waals surface area contributed by atoms with Crippen molar-refractivity contribution in [2.24, 2.45) is 0 Å². The van der Waals surface area contributed by atoms with Gasteiger partial charge < -0.3 is 25.5 Å². The molecule has 2 unspecified atom stereocenters. The van der Waals surface area contributed by atoms with E-state index >= 15 is 0 Å². The van der Waals surface area contributed by atoms with Gasteiger partial charge in [-0.15, -0.1) is 0 Å². The van der Waals surface area contributed by atoms with E-state index < -0.39 is 23.8 Å². The number of ketones is 1. The largest absolute Gasteiger partial charge is 0.508 e. The first kappa shape index (κ1) is 14.4. The third kappa shape index (κ3) is 2.78. The van der Waals surface area contributed by atoms with Gasteiger partial charge in [-0.1, -0.05) is 18.2 Å². The molecule has 2 rings (SSSR count). The quantitative estimate of drug-likeness (QED) is 0.477. The fourth-order valence-corrected chi connectivity index (χ4v) is 1.83. The Morgan fingerprint density at radius 3 is 2.60 bits per heavy atom. The van der Waals surface area contributed by atoms with Crippen molar-refractivity contribution in [3.8, 4) is 5.75 Å². The van der Waals surface area contributed by atoms with Crippen LogP contribution < -0.4 is 0 Å². The van der Waals surface area contributed by atoms with Crippen LogP contribution in [0.3, 0.4) is 0 Å². The number of hydrogen-bond acceptors (Lipinski definition) is 6. The maximum Gasteiger partial charge on any atom is 0.213 e. The number of phenolic OH excluding ortho intramolecular Hbond substituents is 1. The third-order valence-corrected chi connectivity index (χ3v) is 3.00. The van der Waals surface area contributed by atoms with E-state index in [4.69, 9.17) is 0 Å². The van der Waals surface area contributed by atoms with E-state index in [-0.39, 0.29) is 16.9 Å². The summed E-state index contributed by atoms with van der Waals surface area (Å²) in [5.74, 6) is -3.24. The maximum atomic E-state index is 12.0. The first-order valence-electron chi connectivity index (χ1n) is 5.86. The Morgan fingerprint density at radius 2 is 2.00 bits per heavy atom. The minimum absolute atomic E-state index is 0.0490. The van der Waals surface area contributed by atoms with Crippen molar-refractivity contribution in [3.63, 3.8) is 0 Å². The van der Waals surface area contributed by atoms with Crippen molar-refractivity contribution >= 4 is 5.78 Å². The van der Waals surface area contributed by atoms with E-state index in [1.54, 1.807) is 0 Å². The number of aliphatic hydroxyl groups excluding tert-OH is 2. The van der Waals surface area contributed by atoms with Crippen LogP contribution >= 0.6 is 0 Å². The van der Waals surface area contributed by atoms with Crippen LogP contribution in [0.15, 0.2) is 48.1 Å². The molecular weight excluding hydrogens is 264 g/mol. The van der Waals surface area contributed by atoms with E-state index in [2.05, 4.69) is 0 Å². The Morgan fingerprint density at radius 1 is 1.30 bits per heavy atom. The molecule has 2 atom stereocenters. The van der Waals surface area contributed by atoms with E-state index in [9.17, 15) is 30.3 Å². The molecule has 6 heteroatoms. The van der Waals surface area contributed by atoms with Gasteiger partial charge in [-0.3, -0.25) is 4.79 Å². The summed E-state index contributed by atoms with van der Waals surface area (Å²) in [4.78, 5) is 12.0. The van der Waals surface area contributed by atoms with Gasteiger partial charge in [0.2, 0.25) is 5.79 Å². The van der Waals surface area contributed by atoms with Crippen LogP contribution in [0.2, 0.25) is 0 Å². The van der Waals surface area contributed by atoms with Crippen LogP contribution in [0.4, 0.5) is 0 Å². The second-order valence-electron chi connectivity index (χ2n) is 4.55. The molecule has 0 fully saturated rings. The number of carbonyl (C=O) groups is 1. The highest BCUT2D eigenvalue weighted by molar-refractivity contribution is 6.02. The number of hydrogen-bond donors (Lipinski definition) is 5. The van der Waals surface area contributed by atoms with Crippen LogP contribution in [-0.2, 0) is 4.79 Å². The predicted molar refractivity (Wildman–Crippen MR) is 68.5 cm³/mol. The smallest absolute Gasteiger partial charge is 0.213 e. The van der Waals surface area contributed by atoms with Crippen molar-refractivity contribution in [2.75, 3.05) is 0 Å². The molecule has 1 aromatic rings.